The van der Waals surface area contributed by atoms with Gasteiger partial charge in [-0.1, -0.05) is 12.1 Å². The van der Waals surface area contributed by atoms with E-state index < -0.39 is 16.4 Å². The first-order valence-electron chi connectivity index (χ1n) is 8.42. The molecule has 0 aliphatic rings. The van der Waals surface area contributed by atoms with Crippen molar-refractivity contribution < 1.29 is 26.3 Å². The van der Waals surface area contributed by atoms with Crippen LogP contribution in [0.1, 0.15) is 12.5 Å². The number of nitrogens with one attached hydrogen (secondary N) is 1. The monoisotopic (exact) mass is 423 g/mol. The van der Waals surface area contributed by atoms with Gasteiger partial charge in [0, 0.05) is 23.7 Å². The summed E-state index contributed by atoms with van der Waals surface area (Å²) in [7, 11) is -3.43. The van der Waals surface area contributed by atoms with E-state index >= 15 is 0 Å². The summed E-state index contributed by atoms with van der Waals surface area (Å²) in [6, 6.07) is 12.3. The lowest BCUT2D eigenvalue weighted by molar-refractivity contribution is -0.274. The van der Waals surface area contributed by atoms with Crippen LogP contribution in [0.25, 0.3) is 22.2 Å². The van der Waals surface area contributed by atoms with Crippen molar-refractivity contribution in [2.45, 2.75) is 19.8 Å². The van der Waals surface area contributed by atoms with E-state index in [0.29, 0.717) is 40.0 Å². The molecule has 0 aliphatic heterocycles. The van der Waals surface area contributed by atoms with Crippen LogP contribution in [0.4, 0.5) is 18.9 Å². The first-order chi connectivity index (χ1) is 13.5. The first kappa shape index (κ1) is 20.5. The molecule has 29 heavy (non-hydrogen) atoms. The van der Waals surface area contributed by atoms with Gasteiger partial charge in [0.05, 0.1) is 23.0 Å². The van der Waals surface area contributed by atoms with E-state index in [1.807, 2.05) is 0 Å². The molecule has 0 unspecified atom stereocenters. The number of aryl methyl sites for hydroxylation is 1. The Morgan fingerprint density at radius 1 is 1.17 bits per heavy atom. The van der Waals surface area contributed by atoms with Gasteiger partial charge in [0.2, 0.25) is 10.0 Å². The van der Waals surface area contributed by atoms with Gasteiger partial charge in [-0.25, -0.2) is 8.42 Å². The van der Waals surface area contributed by atoms with E-state index in [1.165, 1.54) is 18.2 Å². The third-order valence-electron chi connectivity index (χ3n) is 4.16. The quantitative estimate of drug-likeness (QED) is 0.656. The number of aromatic nitrogens is 1. The van der Waals surface area contributed by atoms with E-state index in [0.717, 1.165) is 6.26 Å². The van der Waals surface area contributed by atoms with Gasteiger partial charge in [0.25, 0.3) is 0 Å². The standard InChI is InChI=1S/C19H16F3N3O3S/c1-3-25-17-10-14(28-19(20,21)22)8-9-15(17)16(11-23)18(25)12-4-6-13(7-5-12)24-29(2,26)27/h4-10,24H,3H2,1-2H3. The fourth-order valence-corrected chi connectivity index (χ4v) is 3.74. The average Bonchev–Trinajstić information content (AvgIpc) is 2.92. The molecule has 0 atom stereocenters. The summed E-state index contributed by atoms with van der Waals surface area (Å²) in [6.07, 6.45) is -3.79. The lowest BCUT2D eigenvalue weighted by Crippen LogP contribution is -2.17. The predicted molar refractivity (Wildman–Crippen MR) is 103 cm³/mol. The molecule has 0 radical (unpaired) electrons. The number of benzene rings is 2. The number of hydrogen-bond donors (Lipinski definition) is 1. The van der Waals surface area contributed by atoms with E-state index in [-0.39, 0.29) is 5.75 Å². The Morgan fingerprint density at radius 3 is 2.34 bits per heavy atom. The highest BCUT2D eigenvalue weighted by Crippen LogP contribution is 2.36. The Labute approximate surface area is 165 Å². The molecule has 0 saturated heterocycles. The lowest BCUT2D eigenvalue weighted by Gasteiger charge is -2.11. The van der Waals surface area contributed by atoms with E-state index in [1.54, 1.807) is 35.8 Å². The molecule has 1 heterocycles. The zero-order valence-corrected chi connectivity index (χ0v) is 16.2. The number of ether oxygens (including phenoxy) is 1. The molecule has 1 aromatic heterocycles. The number of nitriles is 1. The molecule has 0 fully saturated rings. The van der Waals surface area contributed by atoms with Crippen molar-refractivity contribution in [3.8, 4) is 23.1 Å². The molecule has 10 heteroatoms. The second-order valence-corrected chi connectivity index (χ2v) is 8.01. The van der Waals surface area contributed by atoms with Crippen LogP contribution >= 0.6 is 0 Å². The smallest absolute Gasteiger partial charge is 0.406 e. The van der Waals surface area contributed by atoms with Gasteiger partial charge in [0.1, 0.15) is 11.8 Å². The maximum Gasteiger partial charge on any atom is 0.573 e. The largest absolute Gasteiger partial charge is 0.573 e. The SMILES string of the molecule is CCn1c(-c2ccc(NS(C)(=O)=O)cc2)c(C#N)c2ccc(OC(F)(F)F)cc21. The Morgan fingerprint density at radius 2 is 1.83 bits per heavy atom. The number of sulfonamides is 1. The molecule has 0 spiro atoms. The van der Waals surface area contributed by atoms with Crippen LogP contribution in [0.15, 0.2) is 42.5 Å². The van der Waals surface area contributed by atoms with Crippen molar-refractivity contribution in [2.24, 2.45) is 0 Å². The molecule has 6 nitrogen and oxygen atoms in total. The number of hydrogen-bond acceptors (Lipinski definition) is 4. The molecule has 1 N–H and O–H groups in total. The summed E-state index contributed by atoms with van der Waals surface area (Å²) in [5, 5.41) is 10.2. The van der Waals surface area contributed by atoms with Crippen LogP contribution < -0.4 is 9.46 Å². The number of anilines is 1. The second kappa shape index (κ2) is 7.33. The number of rotatable bonds is 5. The Hall–Kier alpha value is -3.19. The number of alkyl halides is 3. The molecule has 2 aromatic carbocycles. The summed E-state index contributed by atoms with van der Waals surface area (Å²) in [4.78, 5) is 0. The van der Waals surface area contributed by atoms with Crippen LogP contribution in [0, 0.1) is 11.3 Å². The topological polar surface area (TPSA) is 84.1 Å². The normalized spacial score (nSPS) is 12.0. The summed E-state index contributed by atoms with van der Waals surface area (Å²) < 4.78 is 68.5. The van der Waals surface area contributed by atoms with Gasteiger partial charge in [-0.15, -0.1) is 13.2 Å². The lowest BCUT2D eigenvalue weighted by atomic mass is 10.1. The van der Waals surface area contributed by atoms with Crippen molar-refractivity contribution in [2.75, 3.05) is 11.0 Å². The summed E-state index contributed by atoms with van der Waals surface area (Å²) in [6.45, 7) is 2.20. The van der Waals surface area contributed by atoms with Crippen molar-refractivity contribution in [3.05, 3.63) is 48.0 Å². The third-order valence-corrected chi connectivity index (χ3v) is 4.77. The summed E-state index contributed by atoms with van der Waals surface area (Å²) in [5.74, 6) is -0.374. The molecular formula is C19H16F3N3O3S. The highest BCUT2D eigenvalue weighted by Gasteiger charge is 2.31. The zero-order valence-electron chi connectivity index (χ0n) is 15.4. The number of nitrogens with zero attached hydrogens (tertiary/aromatic N) is 2. The summed E-state index contributed by atoms with van der Waals surface area (Å²) in [5.41, 5.74) is 2.25. The van der Waals surface area contributed by atoms with Crippen LogP contribution in [0.3, 0.4) is 0 Å². The van der Waals surface area contributed by atoms with E-state index in [9.17, 15) is 26.9 Å². The molecule has 0 bridgehead atoms. The molecular weight excluding hydrogens is 407 g/mol. The highest BCUT2D eigenvalue weighted by atomic mass is 32.2. The molecule has 0 saturated carbocycles. The van der Waals surface area contributed by atoms with Gasteiger partial charge in [-0.3, -0.25) is 4.72 Å². The minimum atomic E-state index is -4.82. The zero-order chi connectivity index (χ0) is 21.4. The molecule has 3 aromatic rings. The predicted octanol–water partition coefficient (Wildman–Crippen LogP) is 4.47. The first-order valence-corrected chi connectivity index (χ1v) is 10.3. The highest BCUT2D eigenvalue weighted by molar-refractivity contribution is 7.92. The van der Waals surface area contributed by atoms with Crippen molar-refractivity contribution in [3.63, 3.8) is 0 Å². The molecule has 152 valence electrons. The van der Waals surface area contributed by atoms with E-state index in [4.69, 9.17) is 0 Å². The van der Waals surface area contributed by atoms with Crippen LogP contribution in [-0.2, 0) is 16.6 Å². The average molecular weight is 423 g/mol. The molecule has 0 aliphatic carbocycles. The minimum Gasteiger partial charge on any atom is -0.406 e. The van der Waals surface area contributed by atoms with Gasteiger partial charge in [0.15, 0.2) is 0 Å². The molecule has 3 rings (SSSR count). The van der Waals surface area contributed by atoms with Crippen LogP contribution in [-0.4, -0.2) is 25.6 Å². The Bertz CT molecular complexity index is 1210. The molecule has 0 amide bonds. The number of halogens is 3. The fourth-order valence-electron chi connectivity index (χ4n) is 3.18. The van der Waals surface area contributed by atoms with E-state index in [2.05, 4.69) is 15.5 Å². The van der Waals surface area contributed by atoms with Gasteiger partial charge in [-0.05, 0) is 36.8 Å². The van der Waals surface area contributed by atoms with Gasteiger partial charge < -0.3 is 9.30 Å². The maximum atomic E-state index is 12.6. The van der Waals surface area contributed by atoms with Crippen LogP contribution in [0.2, 0.25) is 0 Å². The second-order valence-electron chi connectivity index (χ2n) is 6.26. The number of fused-ring (bicyclic) bond motifs is 1. The minimum absolute atomic E-state index is 0.309. The third kappa shape index (κ3) is 4.46. The van der Waals surface area contributed by atoms with Gasteiger partial charge in [-0.2, -0.15) is 5.26 Å². The van der Waals surface area contributed by atoms with Crippen molar-refractivity contribution >= 4 is 26.6 Å². The van der Waals surface area contributed by atoms with Gasteiger partial charge >= 0.3 is 6.36 Å². The summed E-state index contributed by atoms with van der Waals surface area (Å²) >= 11 is 0. The Balaban J connectivity index is 2.15. The maximum absolute atomic E-state index is 12.6. The van der Waals surface area contributed by atoms with Crippen LogP contribution in [0.5, 0.6) is 5.75 Å². The van der Waals surface area contributed by atoms with Crippen molar-refractivity contribution in [1.82, 2.24) is 4.57 Å². The van der Waals surface area contributed by atoms with Crippen molar-refractivity contribution in [1.29, 1.82) is 5.26 Å². The fraction of sp³-hybridized carbons (Fsp3) is 0.211. The Kier molecular flexibility index (Phi) is 5.19.